The lowest BCUT2D eigenvalue weighted by atomic mass is 9.49. The van der Waals surface area contributed by atoms with Crippen molar-refractivity contribution in [2.75, 3.05) is 18.4 Å². The summed E-state index contributed by atoms with van der Waals surface area (Å²) in [5.41, 5.74) is 2.83. The highest BCUT2D eigenvalue weighted by Crippen LogP contribution is 2.59. The molecule has 2 heterocycles. The molecule has 5 fully saturated rings. The van der Waals surface area contributed by atoms with Gasteiger partial charge in [-0.25, -0.2) is 9.97 Å². The van der Waals surface area contributed by atoms with E-state index in [1.54, 1.807) is 6.33 Å². The third-order valence-corrected chi connectivity index (χ3v) is 9.07. The molecule has 7 rings (SSSR count). The predicted molar refractivity (Wildman–Crippen MR) is 117 cm³/mol. The van der Waals surface area contributed by atoms with E-state index in [-0.39, 0.29) is 5.92 Å². The smallest absolute Gasteiger partial charge is 0.226 e. The standard InChI is InChI=1S/C25H36N4O/c30-24(20-4-2-1-3-5-20)29-7-6-21-22(14-29)27-16-28-23(21)26-15-25-11-17-8-18(12-25)10-19(9-17)13-25/h16-20H,1-15H2,(H,26,27,28). The van der Waals surface area contributed by atoms with Crippen LogP contribution in [-0.2, 0) is 17.8 Å². The Morgan fingerprint density at radius 1 is 1.03 bits per heavy atom. The molecule has 162 valence electrons. The average molecular weight is 409 g/mol. The van der Waals surface area contributed by atoms with Crippen molar-refractivity contribution in [3.05, 3.63) is 17.6 Å². The molecule has 0 atom stereocenters. The van der Waals surface area contributed by atoms with Gasteiger partial charge >= 0.3 is 0 Å². The van der Waals surface area contributed by atoms with E-state index in [2.05, 4.69) is 20.2 Å². The van der Waals surface area contributed by atoms with Gasteiger partial charge in [-0.15, -0.1) is 0 Å². The first-order chi connectivity index (χ1) is 14.7. The Morgan fingerprint density at radius 3 is 2.43 bits per heavy atom. The normalized spacial score (nSPS) is 35.3. The summed E-state index contributed by atoms with van der Waals surface area (Å²) >= 11 is 0. The number of hydrogen-bond donors (Lipinski definition) is 1. The zero-order valence-corrected chi connectivity index (χ0v) is 18.2. The summed E-state index contributed by atoms with van der Waals surface area (Å²) in [6.45, 7) is 2.56. The van der Waals surface area contributed by atoms with Crippen LogP contribution in [0.1, 0.15) is 81.9 Å². The van der Waals surface area contributed by atoms with E-state index in [0.29, 0.717) is 17.9 Å². The molecular weight excluding hydrogens is 372 g/mol. The van der Waals surface area contributed by atoms with E-state index >= 15 is 0 Å². The second kappa shape index (κ2) is 7.49. The third kappa shape index (κ3) is 3.42. The molecule has 5 saturated carbocycles. The Kier molecular flexibility index (Phi) is 4.76. The number of rotatable bonds is 4. The van der Waals surface area contributed by atoms with Gasteiger partial charge in [-0.1, -0.05) is 19.3 Å². The van der Waals surface area contributed by atoms with E-state index in [0.717, 1.165) is 61.6 Å². The van der Waals surface area contributed by atoms with Gasteiger partial charge in [0.15, 0.2) is 0 Å². The highest BCUT2D eigenvalue weighted by atomic mass is 16.2. The molecule has 5 nitrogen and oxygen atoms in total. The van der Waals surface area contributed by atoms with Crippen LogP contribution in [0.3, 0.4) is 0 Å². The van der Waals surface area contributed by atoms with Crippen LogP contribution in [0.5, 0.6) is 0 Å². The molecule has 30 heavy (non-hydrogen) atoms. The fraction of sp³-hybridized carbons (Fsp3) is 0.800. The van der Waals surface area contributed by atoms with Crippen LogP contribution in [0.2, 0.25) is 0 Å². The number of nitrogens with one attached hydrogen (secondary N) is 1. The molecule has 5 aliphatic carbocycles. The van der Waals surface area contributed by atoms with Gasteiger partial charge in [0.05, 0.1) is 12.2 Å². The molecule has 5 heteroatoms. The van der Waals surface area contributed by atoms with Crippen molar-refractivity contribution in [3.8, 4) is 0 Å². The minimum Gasteiger partial charge on any atom is -0.369 e. The minimum absolute atomic E-state index is 0.246. The van der Waals surface area contributed by atoms with E-state index in [1.165, 1.54) is 63.4 Å². The quantitative estimate of drug-likeness (QED) is 0.793. The van der Waals surface area contributed by atoms with Gasteiger partial charge in [0, 0.05) is 24.6 Å². The van der Waals surface area contributed by atoms with Crippen molar-refractivity contribution >= 4 is 11.7 Å². The van der Waals surface area contributed by atoms with Gasteiger partial charge in [0.2, 0.25) is 5.91 Å². The summed E-state index contributed by atoms with van der Waals surface area (Å²) in [6, 6.07) is 0. The molecule has 1 N–H and O–H groups in total. The predicted octanol–water partition coefficient (Wildman–Crippen LogP) is 4.57. The summed E-state index contributed by atoms with van der Waals surface area (Å²) in [7, 11) is 0. The Bertz CT molecular complexity index is 780. The number of anilines is 1. The van der Waals surface area contributed by atoms with E-state index in [4.69, 9.17) is 0 Å². The van der Waals surface area contributed by atoms with E-state index < -0.39 is 0 Å². The van der Waals surface area contributed by atoms with Crippen molar-refractivity contribution < 1.29 is 4.79 Å². The highest BCUT2D eigenvalue weighted by Gasteiger charge is 2.50. The number of aromatic nitrogens is 2. The van der Waals surface area contributed by atoms with Gasteiger partial charge in [0.1, 0.15) is 12.1 Å². The molecule has 1 aromatic heterocycles. The van der Waals surface area contributed by atoms with Gasteiger partial charge in [-0.05, 0) is 81.0 Å². The summed E-state index contributed by atoms with van der Waals surface area (Å²) in [5.74, 6) is 4.60. The van der Waals surface area contributed by atoms with Crippen molar-refractivity contribution in [1.82, 2.24) is 14.9 Å². The fourth-order valence-electron chi connectivity index (χ4n) is 8.08. The molecule has 1 aliphatic heterocycles. The molecule has 0 unspecified atom stereocenters. The molecule has 0 saturated heterocycles. The summed E-state index contributed by atoms with van der Waals surface area (Å²) in [4.78, 5) is 24.3. The summed E-state index contributed by atoms with van der Waals surface area (Å²) in [5, 5.41) is 3.78. The highest BCUT2D eigenvalue weighted by molar-refractivity contribution is 5.79. The number of carbonyl (C=O) groups excluding carboxylic acids is 1. The monoisotopic (exact) mass is 408 g/mol. The maximum atomic E-state index is 13.0. The molecule has 1 aromatic rings. The molecule has 1 amide bonds. The first-order valence-corrected chi connectivity index (χ1v) is 12.5. The zero-order valence-electron chi connectivity index (χ0n) is 18.2. The van der Waals surface area contributed by atoms with Crippen molar-refractivity contribution in [3.63, 3.8) is 0 Å². The van der Waals surface area contributed by atoms with Crippen LogP contribution in [0.25, 0.3) is 0 Å². The van der Waals surface area contributed by atoms with Crippen LogP contribution in [0.4, 0.5) is 5.82 Å². The topological polar surface area (TPSA) is 58.1 Å². The molecular formula is C25H36N4O. The van der Waals surface area contributed by atoms with Crippen molar-refractivity contribution in [2.45, 2.75) is 83.6 Å². The SMILES string of the molecule is O=C(C1CCCCC1)N1CCc2c(ncnc2NCC23CC4CC(CC(C4)C2)C3)C1. The zero-order chi connectivity index (χ0) is 20.1. The van der Waals surface area contributed by atoms with Crippen LogP contribution in [0, 0.1) is 29.1 Å². The number of fused-ring (bicyclic) bond motifs is 1. The maximum absolute atomic E-state index is 13.0. The van der Waals surface area contributed by atoms with Crippen LogP contribution in [0.15, 0.2) is 6.33 Å². The van der Waals surface area contributed by atoms with Crippen LogP contribution < -0.4 is 5.32 Å². The minimum atomic E-state index is 0.246. The second-order valence-electron chi connectivity index (χ2n) is 11.3. The number of nitrogens with zero attached hydrogens (tertiary/aromatic N) is 3. The molecule has 4 bridgehead atoms. The van der Waals surface area contributed by atoms with E-state index in [1.807, 2.05) is 0 Å². The number of hydrogen-bond acceptors (Lipinski definition) is 4. The van der Waals surface area contributed by atoms with Gasteiger partial charge in [0.25, 0.3) is 0 Å². The Hall–Kier alpha value is -1.65. The molecule has 0 radical (unpaired) electrons. The first kappa shape index (κ1) is 19.1. The van der Waals surface area contributed by atoms with Gasteiger partial charge in [-0.2, -0.15) is 0 Å². The molecule has 6 aliphatic rings. The lowest BCUT2D eigenvalue weighted by Gasteiger charge is -2.57. The molecule has 0 spiro atoms. The van der Waals surface area contributed by atoms with Gasteiger partial charge in [-0.3, -0.25) is 4.79 Å². The van der Waals surface area contributed by atoms with Crippen molar-refractivity contribution in [2.24, 2.45) is 29.1 Å². The lowest BCUT2D eigenvalue weighted by molar-refractivity contribution is -0.137. The summed E-state index contributed by atoms with van der Waals surface area (Å²) in [6.07, 6.45) is 17.2. The third-order valence-electron chi connectivity index (χ3n) is 9.07. The summed E-state index contributed by atoms with van der Waals surface area (Å²) < 4.78 is 0. The Balaban J connectivity index is 1.14. The number of carbonyl (C=O) groups is 1. The van der Waals surface area contributed by atoms with E-state index in [9.17, 15) is 4.79 Å². The second-order valence-corrected chi connectivity index (χ2v) is 11.3. The van der Waals surface area contributed by atoms with Gasteiger partial charge < -0.3 is 10.2 Å². The molecule has 0 aromatic carbocycles. The Morgan fingerprint density at radius 2 is 1.73 bits per heavy atom. The van der Waals surface area contributed by atoms with Crippen LogP contribution in [-0.4, -0.2) is 33.9 Å². The first-order valence-electron chi connectivity index (χ1n) is 12.5. The fourth-order valence-corrected chi connectivity index (χ4v) is 8.08. The maximum Gasteiger partial charge on any atom is 0.226 e. The Labute approximate surface area is 180 Å². The van der Waals surface area contributed by atoms with Crippen molar-refractivity contribution in [1.29, 1.82) is 0 Å². The lowest BCUT2D eigenvalue weighted by Crippen LogP contribution is -2.49. The number of amides is 1. The van der Waals surface area contributed by atoms with Crippen LogP contribution >= 0.6 is 0 Å². The average Bonchev–Trinajstić information content (AvgIpc) is 2.76. The largest absolute Gasteiger partial charge is 0.369 e.